The Hall–Kier alpha value is -4.33. The molecular weight excluding hydrogens is 532 g/mol. The Bertz CT molecular complexity index is 1600. The molecule has 0 radical (unpaired) electrons. The van der Waals surface area contributed by atoms with Crippen LogP contribution in [-0.2, 0) is 27.9 Å². The minimum Gasteiger partial charge on any atom is -0.507 e. The van der Waals surface area contributed by atoms with Gasteiger partial charge in [0.15, 0.2) is 17.2 Å². The molecule has 0 aliphatic carbocycles. The summed E-state index contributed by atoms with van der Waals surface area (Å²) in [5.41, 5.74) is 0.403. The van der Waals surface area contributed by atoms with Crippen LogP contribution in [0, 0.1) is 13.8 Å². The van der Waals surface area contributed by atoms with E-state index in [1.807, 2.05) is 0 Å². The number of primary sulfonamides is 1. The molecule has 39 heavy (non-hydrogen) atoms. The van der Waals surface area contributed by atoms with Gasteiger partial charge >= 0.3 is 11.9 Å². The van der Waals surface area contributed by atoms with Gasteiger partial charge in [-0.05, 0) is 56.7 Å². The quantitative estimate of drug-likeness (QED) is 0.200. The Labute approximate surface area is 223 Å². The number of hydrogen-bond donors (Lipinski definition) is 5. The molecule has 12 nitrogen and oxygen atoms in total. The van der Waals surface area contributed by atoms with Crippen molar-refractivity contribution in [1.29, 1.82) is 0 Å². The van der Waals surface area contributed by atoms with Gasteiger partial charge in [0.05, 0.1) is 22.6 Å². The van der Waals surface area contributed by atoms with Gasteiger partial charge < -0.3 is 34.8 Å². The lowest BCUT2D eigenvalue weighted by molar-refractivity contribution is 0.0691. The van der Waals surface area contributed by atoms with Crippen molar-refractivity contribution >= 4 is 27.6 Å². The zero-order valence-electron chi connectivity index (χ0n) is 21.2. The zero-order chi connectivity index (χ0) is 28.6. The number of carbonyl (C=O) groups is 2. The number of phenolic OH excluding ortho intramolecular Hbond substituents is 1. The number of hydrogen-bond acceptors (Lipinski definition) is 10. The first-order chi connectivity index (χ1) is 18.3. The number of esters is 1. The fraction of sp³-hybridized carbons (Fsp3) is 0.231. The Morgan fingerprint density at radius 3 is 2.31 bits per heavy atom. The Morgan fingerprint density at radius 2 is 1.72 bits per heavy atom. The summed E-state index contributed by atoms with van der Waals surface area (Å²) in [6, 6.07) is 6.91. The third-order valence-corrected chi connectivity index (χ3v) is 7.13. The van der Waals surface area contributed by atoms with Crippen molar-refractivity contribution in [2.24, 2.45) is 5.14 Å². The van der Waals surface area contributed by atoms with Gasteiger partial charge in [0.1, 0.15) is 22.6 Å². The van der Waals surface area contributed by atoms with Crippen LogP contribution in [0.4, 0.5) is 5.69 Å². The molecule has 6 N–H and O–H groups in total. The first kappa shape index (κ1) is 27.7. The molecule has 0 bridgehead atoms. The van der Waals surface area contributed by atoms with E-state index in [2.05, 4.69) is 5.32 Å². The highest BCUT2D eigenvalue weighted by molar-refractivity contribution is 7.89. The van der Waals surface area contributed by atoms with Crippen LogP contribution in [0.5, 0.6) is 28.7 Å². The fourth-order valence-corrected chi connectivity index (χ4v) is 4.75. The van der Waals surface area contributed by atoms with E-state index < -0.39 is 33.3 Å². The Kier molecular flexibility index (Phi) is 7.41. The Morgan fingerprint density at radius 1 is 1.05 bits per heavy atom. The smallest absolute Gasteiger partial charge is 0.347 e. The van der Waals surface area contributed by atoms with Crippen molar-refractivity contribution in [2.75, 3.05) is 11.9 Å². The van der Waals surface area contributed by atoms with Crippen LogP contribution in [0.25, 0.3) is 0 Å². The van der Waals surface area contributed by atoms with Gasteiger partial charge in [-0.1, -0.05) is 0 Å². The van der Waals surface area contributed by atoms with Gasteiger partial charge in [-0.2, -0.15) is 0 Å². The van der Waals surface area contributed by atoms with E-state index in [9.17, 15) is 33.3 Å². The molecule has 1 aliphatic heterocycles. The van der Waals surface area contributed by atoms with Crippen LogP contribution < -0.4 is 19.9 Å². The maximum absolute atomic E-state index is 13.3. The monoisotopic (exact) mass is 558 g/mol. The minimum atomic E-state index is -3.88. The van der Waals surface area contributed by atoms with Crippen molar-refractivity contribution in [3.05, 3.63) is 63.7 Å². The maximum atomic E-state index is 13.3. The van der Waals surface area contributed by atoms with Gasteiger partial charge in [-0.3, -0.25) is 0 Å². The number of anilines is 1. The largest absolute Gasteiger partial charge is 0.507 e. The number of rotatable bonds is 8. The number of fused-ring (bicyclic) bond motifs is 2. The lowest BCUT2D eigenvalue weighted by Gasteiger charge is -2.19. The van der Waals surface area contributed by atoms with Crippen molar-refractivity contribution in [2.45, 2.75) is 38.8 Å². The minimum absolute atomic E-state index is 0.00520. The average Bonchev–Trinajstić information content (AvgIpc) is 3.00. The van der Waals surface area contributed by atoms with Gasteiger partial charge in [0.2, 0.25) is 10.0 Å². The zero-order valence-corrected chi connectivity index (χ0v) is 22.0. The third kappa shape index (κ3) is 5.19. The second-order valence-corrected chi connectivity index (χ2v) is 10.3. The molecule has 0 fully saturated rings. The summed E-state index contributed by atoms with van der Waals surface area (Å²) in [5.74, 6) is -3.50. The second-order valence-electron chi connectivity index (χ2n) is 8.74. The van der Waals surface area contributed by atoms with E-state index in [4.69, 9.17) is 19.3 Å². The van der Waals surface area contributed by atoms with Crippen molar-refractivity contribution in [3.63, 3.8) is 0 Å². The summed E-state index contributed by atoms with van der Waals surface area (Å²) < 4.78 is 40.2. The maximum Gasteiger partial charge on any atom is 0.347 e. The number of nitrogens with one attached hydrogen (secondary N) is 1. The molecule has 0 saturated carbocycles. The van der Waals surface area contributed by atoms with Gasteiger partial charge in [-0.25, -0.2) is 23.1 Å². The number of sulfonamides is 1. The summed E-state index contributed by atoms with van der Waals surface area (Å²) in [7, 11) is -3.88. The molecule has 206 valence electrons. The molecule has 1 aliphatic rings. The van der Waals surface area contributed by atoms with Crippen molar-refractivity contribution in [3.8, 4) is 28.7 Å². The summed E-state index contributed by atoms with van der Waals surface area (Å²) in [6.07, 6.45) is 0. The highest BCUT2D eigenvalue weighted by Crippen LogP contribution is 2.50. The molecule has 0 aromatic heterocycles. The number of ether oxygens (including phenoxy) is 3. The molecule has 0 amide bonds. The molecule has 0 saturated heterocycles. The number of aryl methyl sites for hydroxylation is 1. The van der Waals surface area contributed by atoms with Crippen LogP contribution >= 0.6 is 0 Å². The summed E-state index contributed by atoms with van der Waals surface area (Å²) in [6.45, 7) is 4.56. The third-order valence-electron chi connectivity index (χ3n) is 6.20. The van der Waals surface area contributed by atoms with E-state index in [1.165, 1.54) is 37.3 Å². The lowest BCUT2D eigenvalue weighted by atomic mass is 10.00. The number of nitrogens with two attached hydrogens (primary N) is 1. The van der Waals surface area contributed by atoms with Gasteiger partial charge in [0.25, 0.3) is 0 Å². The molecular formula is C26H26N2O10S. The SMILES string of the molecule is CCOCc1c(O)c(C(=O)O)c(C)c2c1OC(=O)c1c(C)cc(O)c(CNc3ccc(S(N)(=O)=O)cc3)c1O2. The van der Waals surface area contributed by atoms with E-state index in [0.717, 1.165) is 0 Å². The number of carbonyl (C=O) groups excluding carboxylic acids is 1. The van der Waals surface area contributed by atoms with Crippen LogP contribution in [0.3, 0.4) is 0 Å². The van der Waals surface area contributed by atoms with E-state index in [-0.39, 0.29) is 69.9 Å². The predicted molar refractivity (Wildman–Crippen MR) is 138 cm³/mol. The predicted octanol–water partition coefficient (Wildman–Crippen LogP) is 3.53. The molecule has 3 aromatic carbocycles. The molecule has 0 atom stereocenters. The number of aromatic hydroxyl groups is 2. The number of carboxylic acids is 1. The van der Waals surface area contributed by atoms with Crippen molar-refractivity contribution < 1.29 is 47.5 Å². The van der Waals surface area contributed by atoms with Crippen LogP contribution in [0.15, 0.2) is 35.2 Å². The summed E-state index contributed by atoms with van der Waals surface area (Å²) in [5, 5.41) is 39.5. The summed E-state index contributed by atoms with van der Waals surface area (Å²) in [4.78, 5) is 25.2. The number of carboxylic acid groups (broad SMARTS) is 1. The number of benzene rings is 3. The van der Waals surface area contributed by atoms with E-state index >= 15 is 0 Å². The standard InChI is InChI=1S/C26H26N2O10S/c1-4-36-11-17-21(30)20(25(31)32)13(3)22-24(17)38-26(33)19-12(2)9-18(29)16(23(19)37-22)10-28-14-5-7-15(8-6-14)39(27,34)35/h5-9,28-30H,4,10-11H2,1-3H3,(H,31,32)(H2,27,34,35). The summed E-state index contributed by atoms with van der Waals surface area (Å²) >= 11 is 0. The lowest BCUT2D eigenvalue weighted by Crippen LogP contribution is -2.13. The van der Waals surface area contributed by atoms with Crippen LogP contribution in [0.1, 0.15) is 49.9 Å². The van der Waals surface area contributed by atoms with Crippen molar-refractivity contribution in [1.82, 2.24) is 0 Å². The van der Waals surface area contributed by atoms with Gasteiger partial charge in [0, 0.05) is 24.4 Å². The van der Waals surface area contributed by atoms with E-state index in [1.54, 1.807) is 13.8 Å². The molecule has 0 unspecified atom stereocenters. The first-order valence-corrected chi connectivity index (χ1v) is 13.2. The average molecular weight is 559 g/mol. The normalized spacial score (nSPS) is 12.6. The molecule has 13 heteroatoms. The molecule has 3 aromatic rings. The molecule has 1 heterocycles. The number of aromatic carboxylic acids is 1. The first-order valence-electron chi connectivity index (χ1n) is 11.7. The Balaban J connectivity index is 1.84. The molecule has 4 rings (SSSR count). The van der Waals surface area contributed by atoms with Gasteiger partial charge in [-0.15, -0.1) is 0 Å². The van der Waals surface area contributed by atoms with Crippen LogP contribution in [-0.4, -0.2) is 42.3 Å². The van der Waals surface area contributed by atoms with E-state index in [0.29, 0.717) is 11.3 Å². The topological polar surface area (TPSA) is 195 Å². The number of phenols is 2. The van der Waals surface area contributed by atoms with Crippen LogP contribution in [0.2, 0.25) is 0 Å². The highest BCUT2D eigenvalue weighted by atomic mass is 32.2. The fourth-order valence-electron chi connectivity index (χ4n) is 4.23. The molecule has 0 spiro atoms. The second kappa shape index (κ2) is 10.4. The highest BCUT2D eigenvalue weighted by Gasteiger charge is 2.35.